The predicted molar refractivity (Wildman–Crippen MR) is 121 cm³/mol. The van der Waals surface area contributed by atoms with Gasteiger partial charge in [0.05, 0.1) is 17.6 Å². The summed E-state index contributed by atoms with van der Waals surface area (Å²) >= 11 is 0. The molecule has 0 spiro atoms. The number of H-pyrrole nitrogens is 1. The van der Waals surface area contributed by atoms with Gasteiger partial charge in [0.15, 0.2) is 5.65 Å². The number of anilines is 1. The van der Waals surface area contributed by atoms with Gasteiger partial charge in [-0.05, 0) is 42.5 Å². The molecule has 1 unspecified atom stereocenters. The molecule has 36 heavy (non-hydrogen) atoms. The summed E-state index contributed by atoms with van der Waals surface area (Å²) in [6, 6.07) is 5.25. The Bertz CT molecular complexity index is 1290. The Morgan fingerprint density at radius 2 is 2.00 bits per heavy atom. The van der Waals surface area contributed by atoms with Gasteiger partial charge in [0.25, 0.3) is 5.91 Å². The number of carbonyl (C=O) groups is 2. The lowest BCUT2D eigenvalue weighted by molar-refractivity contribution is -0.274. The molecule has 2 fully saturated rings. The molecule has 10 nitrogen and oxygen atoms in total. The Labute approximate surface area is 203 Å². The Morgan fingerprint density at radius 3 is 2.67 bits per heavy atom. The van der Waals surface area contributed by atoms with Gasteiger partial charge in [-0.15, -0.1) is 13.2 Å². The van der Waals surface area contributed by atoms with Crippen LogP contribution in [0.2, 0.25) is 0 Å². The minimum Gasteiger partial charge on any atom is -0.406 e. The number of piperidine rings is 1. The minimum atomic E-state index is -4.84. The second-order valence-electron chi connectivity index (χ2n) is 8.69. The Hall–Kier alpha value is -3.87. The number of hydrogen-bond acceptors (Lipinski definition) is 7. The van der Waals surface area contributed by atoms with E-state index in [1.54, 1.807) is 11.1 Å². The number of likely N-dealkylation sites (tertiary alicyclic amines) is 1. The fourth-order valence-corrected chi connectivity index (χ4v) is 4.61. The van der Waals surface area contributed by atoms with Crippen molar-refractivity contribution < 1.29 is 32.2 Å². The second-order valence-corrected chi connectivity index (χ2v) is 8.69. The number of morpholine rings is 1. The van der Waals surface area contributed by atoms with Crippen LogP contribution >= 0.6 is 0 Å². The molecule has 13 heteroatoms. The number of alkyl halides is 3. The van der Waals surface area contributed by atoms with Crippen molar-refractivity contribution in [2.45, 2.75) is 31.2 Å². The lowest BCUT2D eigenvalue weighted by Gasteiger charge is -2.32. The third-order valence-electron chi connectivity index (χ3n) is 6.36. The number of aromatic amines is 1. The van der Waals surface area contributed by atoms with Crippen LogP contribution in [-0.2, 0) is 9.53 Å². The maximum Gasteiger partial charge on any atom is 0.573 e. The zero-order valence-electron chi connectivity index (χ0n) is 19.0. The summed E-state index contributed by atoms with van der Waals surface area (Å²) in [6.45, 7) is 1.19. The van der Waals surface area contributed by atoms with Crippen LogP contribution < -0.4 is 15.8 Å². The predicted octanol–water partition coefficient (Wildman–Crippen LogP) is 2.65. The Morgan fingerprint density at radius 1 is 1.22 bits per heavy atom. The lowest BCUT2D eigenvalue weighted by Crippen LogP contribution is -2.39. The zero-order chi connectivity index (χ0) is 25.4. The molecule has 0 aliphatic carbocycles. The van der Waals surface area contributed by atoms with Gasteiger partial charge in [0, 0.05) is 31.0 Å². The molecule has 2 saturated heterocycles. The highest BCUT2D eigenvalue weighted by molar-refractivity contribution is 5.99. The molecular formula is C23H23F3N6O4. The van der Waals surface area contributed by atoms with Gasteiger partial charge >= 0.3 is 6.36 Å². The number of pyridine rings is 1. The number of imidazole rings is 1. The van der Waals surface area contributed by atoms with Gasteiger partial charge in [-0.2, -0.15) is 0 Å². The van der Waals surface area contributed by atoms with Crippen LogP contribution in [0.5, 0.6) is 5.75 Å². The fourth-order valence-electron chi connectivity index (χ4n) is 4.61. The van der Waals surface area contributed by atoms with Crippen molar-refractivity contribution in [1.29, 1.82) is 0 Å². The van der Waals surface area contributed by atoms with E-state index in [9.17, 15) is 22.8 Å². The number of hydrogen-bond donors (Lipinski definition) is 3. The van der Waals surface area contributed by atoms with Gasteiger partial charge in [-0.1, -0.05) is 0 Å². The molecule has 2 amide bonds. The Kier molecular flexibility index (Phi) is 6.16. The minimum absolute atomic E-state index is 0.0307. The molecule has 2 aliphatic rings. The molecule has 2 aliphatic heterocycles. The van der Waals surface area contributed by atoms with Crippen LogP contribution in [0.1, 0.15) is 46.6 Å². The highest BCUT2D eigenvalue weighted by atomic mass is 19.4. The molecule has 0 saturated carbocycles. The molecule has 4 N–H and O–H groups in total. The molecule has 0 radical (unpaired) electrons. The highest BCUT2D eigenvalue weighted by Gasteiger charge is 2.32. The maximum atomic E-state index is 13.0. The van der Waals surface area contributed by atoms with E-state index in [1.807, 2.05) is 6.07 Å². The fraction of sp³-hybridized carbons (Fsp3) is 0.391. The van der Waals surface area contributed by atoms with Crippen LogP contribution in [0.15, 0.2) is 30.5 Å². The first-order valence-corrected chi connectivity index (χ1v) is 11.4. The van der Waals surface area contributed by atoms with Crippen molar-refractivity contribution in [3.63, 3.8) is 0 Å². The smallest absolute Gasteiger partial charge is 0.406 e. The van der Waals surface area contributed by atoms with Gasteiger partial charge in [0.1, 0.15) is 24.3 Å². The third kappa shape index (κ3) is 4.91. The number of ether oxygens (including phenoxy) is 2. The number of rotatable bonds is 4. The van der Waals surface area contributed by atoms with Crippen molar-refractivity contribution in [3.8, 4) is 5.75 Å². The molecule has 1 aromatic carbocycles. The van der Waals surface area contributed by atoms with E-state index in [-0.39, 0.29) is 41.7 Å². The lowest BCUT2D eigenvalue weighted by atomic mass is 9.89. The van der Waals surface area contributed by atoms with Crippen molar-refractivity contribution in [2.75, 3.05) is 32.0 Å². The number of benzene rings is 1. The average Bonchev–Trinajstić information content (AvgIpc) is 3.28. The molecule has 2 aromatic heterocycles. The first-order chi connectivity index (χ1) is 17.2. The van der Waals surface area contributed by atoms with Crippen molar-refractivity contribution >= 4 is 28.7 Å². The summed E-state index contributed by atoms with van der Waals surface area (Å²) in [6.07, 6.45) is -2.20. The van der Waals surface area contributed by atoms with Crippen LogP contribution in [-0.4, -0.2) is 64.3 Å². The van der Waals surface area contributed by atoms with E-state index in [1.165, 1.54) is 6.07 Å². The largest absolute Gasteiger partial charge is 0.573 e. The number of halogens is 3. The number of nitrogens with two attached hydrogens (primary N) is 1. The number of nitrogens with one attached hydrogen (secondary N) is 2. The SMILES string of the molecule is Nc1cc(OC(F)(F)F)ccc1C(=O)N1CCC(c2ccnc3nc(C4CNC(=O)CO4)[nH]c23)CC1. The van der Waals surface area contributed by atoms with Gasteiger partial charge < -0.3 is 30.4 Å². The van der Waals surface area contributed by atoms with E-state index in [0.29, 0.717) is 43.9 Å². The van der Waals surface area contributed by atoms with Crippen LogP contribution in [0, 0.1) is 0 Å². The molecule has 0 bridgehead atoms. The third-order valence-corrected chi connectivity index (χ3v) is 6.36. The Balaban J connectivity index is 1.27. The summed E-state index contributed by atoms with van der Waals surface area (Å²) in [5, 5.41) is 2.75. The van der Waals surface area contributed by atoms with E-state index in [4.69, 9.17) is 10.5 Å². The van der Waals surface area contributed by atoms with E-state index in [2.05, 4.69) is 25.0 Å². The summed E-state index contributed by atoms with van der Waals surface area (Å²) in [4.78, 5) is 38.2. The van der Waals surface area contributed by atoms with E-state index in [0.717, 1.165) is 23.2 Å². The van der Waals surface area contributed by atoms with Crippen molar-refractivity contribution in [2.24, 2.45) is 0 Å². The zero-order valence-corrected chi connectivity index (χ0v) is 19.0. The number of carbonyl (C=O) groups excluding carboxylic acids is 2. The summed E-state index contributed by atoms with van der Waals surface area (Å²) in [5.41, 5.74) is 8.28. The van der Waals surface area contributed by atoms with Crippen molar-refractivity contribution in [1.82, 2.24) is 25.2 Å². The molecule has 1 atom stereocenters. The van der Waals surface area contributed by atoms with E-state index >= 15 is 0 Å². The van der Waals surface area contributed by atoms with Crippen molar-refractivity contribution in [3.05, 3.63) is 47.4 Å². The molecular weight excluding hydrogens is 481 g/mol. The maximum absolute atomic E-state index is 13.0. The number of aromatic nitrogens is 3. The second kappa shape index (κ2) is 9.30. The van der Waals surface area contributed by atoms with E-state index < -0.39 is 12.1 Å². The number of fused-ring (bicyclic) bond motifs is 1. The standard InChI is InChI=1S/C23H23F3N6O4/c24-23(25,26)36-13-1-2-15(16(27)9-13)22(34)32-7-4-12(5-8-32)14-3-6-28-21-19(14)30-20(31-21)17-10-29-18(33)11-35-17/h1-3,6,9,12,17H,4-5,7-8,10-11,27H2,(H,29,33)(H,28,30,31). The summed E-state index contributed by atoms with van der Waals surface area (Å²) in [7, 11) is 0. The summed E-state index contributed by atoms with van der Waals surface area (Å²) in [5.74, 6) is -0.262. The monoisotopic (exact) mass is 504 g/mol. The van der Waals surface area contributed by atoms with Crippen LogP contribution in [0.4, 0.5) is 18.9 Å². The van der Waals surface area contributed by atoms with Gasteiger partial charge in [-0.3, -0.25) is 9.59 Å². The highest BCUT2D eigenvalue weighted by Crippen LogP contribution is 2.34. The van der Waals surface area contributed by atoms with Gasteiger partial charge in [0.2, 0.25) is 5.91 Å². The quantitative estimate of drug-likeness (QED) is 0.465. The molecule has 190 valence electrons. The average molecular weight is 504 g/mol. The number of nitrogen functional groups attached to an aromatic ring is 1. The van der Waals surface area contributed by atoms with Crippen LogP contribution in [0.3, 0.4) is 0 Å². The van der Waals surface area contributed by atoms with Crippen LogP contribution in [0.25, 0.3) is 11.2 Å². The molecule has 4 heterocycles. The topological polar surface area (TPSA) is 135 Å². The first kappa shape index (κ1) is 23.9. The summed E-state index contributed by atoms with van der Waals surface area (Å²) < 4.78 is 46.7. The normalized spacial score (nSPS) is 19.4. The number of amides is 2. The number of nitrogens with zero attached hydrogens (tertiary/aromatic N) is 3. The molecule has 3 aromatic rings. The van der Waals surface area contributed by atoms with Gasteiger partial charge in [-0.25, -0.2) is 9.97 Å². The first-order valence-electron chi connectivity index (χ1n) is 11.4. The molecule has 5 rings (SSSR count).